The fraction of sp³-hybridized carbons (Fsp3) is 0.235. The van der Waals surface area contributed by atoms with E-state index in [1.807, 2.05) is 42.5 Å². The molecule has 0 aliphatic carbocycles. The van der Waals surface area contributed by atoms with Gasteiger partial charge in [-0.1, -0.05) is 42.5 Å². The quantitative estimate of drug-likeness (QED) is 0.253. The topological polar surface area (TPSA) is 115 Å². The van der Waals surface area contributed by atoms with E-state index < -0.39 is 0 Å². The van der Waals surface area contributed by atoms with E-state index in [2.05, 4.69) is 70.7 Å². The molecule has 1 spiro atoms. The van der Waals surface area contributed by atoms with Gasteiger partial charge in [0.2, 0.25) is 11.2 Å². The molecule has 2 aromatic carbocycles. The summed E-state index contributed by atoms with van der Waals surface area (Å²) in [6, 6.07) is 26.8. The Kier molecular flexibility index (Phi) is 6.88. The highest BCUT2D eigenvalue weighted by molar-refractivity contribution is 6.28. The van der Waals surface area contributed by atoms with E-state index in [-0.39, 0.29) is 10.7 Å². The van der Waals surface area contributed by atoms with Gasteiger partial charge in [-0.25, -0.2) is 24.9 Å². The summed E-state index contributed by atoms with van der Waals surface area (Å²) >= 11 is 6.03. The second-order valence-corrected chi connectivity index (χ2v) is 12.3. The minimum absolute atomic E-state index is 0.240. The second kappa shape index (κ2) is 11.2. The Bertz CT molecular complexity index is 1990. The highest BCUT2D eigenvalue weighted by Crippen LogP contribution is 2.41. The van der Waals surface area contributed by atoms with Crippen LogP contribution in [0.25, 0.3) is 39.5 Å². The Hall–Kier alpha value is -4.93. The molecule has 2 aliphatic rings. The monoisotopic (exact) mass is 614 g/mol. The normalized spacial score (nSPS) is 18.4. The fourth-order valence-electron chi connectivity index (χ4n) is 6.79. The summed E-state index contributed by atoms with van der Waals surface area (Å²) in [5.74, 6) is 1.82. The number of nitrogens with zero attached hydrogens (tertiary/aromatic N) is 9. The van der Waals surface area contributed by atoms with Crippen molar-refractivity contribution in [3.8, 4) is 28.3 Å². The molecule has 2 fully saturated rings. The summed E-state index contributed by atoms with van der Waals surface area (Å²) in [5.41, 5.74) is 13.1. The number of fused-ring (bicyclic) bond motifs is 1. The van der Waals surface area contributed by atoms with Crippen LogP contribution in [0.4, 0.5) is 11.8 Å². The minimum atomic E-state index is 0.240. The molecule has 0 bridgehead atoms. The van der Waals surface area contributed by atoms with Crippen molar-refractivity contribution in [2.45, 2.75) is 19.4 Å². The highest BCUT2D eigenvalue weighted by atomic mass is 35.5. The van der Waals surface area contributed by atoms with Gasteiger partial charge in [0.15, 0.2) is 11.5 Å². The summed E-state index contributed by atoms with van der Waals surface area (Å²) in [4.78, 5) is 31.8. The van der Waals surface area contributed by atoms with Gasteiger partial charge in [-0.3, -0.25) is 9.47 Å². The van der Waals surface area contributed by atoms with Crippen LogP contribution in [0.2, 0.25) is 5.28 Å². The first-order chi connectivity index (χ1) is 22.0. The first kappa shape index (κ1) is 27.6. The fourth-order valence-corrected chi connectivity index (χ4v) is 6.91. The molecular weight excluding hydrogens is 584 g/mol. The van der Waals surface area contributed by atoms with Crippen molar-refractivity contribution in [3.63, 3.8) is 0 Å². The van der Waals surface area contributed by atoms with Crippen molar-refractivity contribution >= 4 is 34.5 Å². The van der Waals surface area contributed by atoms with Gasteiger partial charge in [0, 0.05) is 49.0 Å². The van der Waals surface area contributed by atoms with Crippen LogP contribution in [0.3, 0.4) is 0 Å². The van der Waals surface area contributed by atoms with Crippen molar-refractivity contribution < 1.29 is 0 Å². The second-order valence-electron chi connectivity index (χ2n) is 12.0. The molecule has 11 heteroatoms. The van der Waals surface area contributed by atoms with Gasteiger partial charge in [0.25, 0.3) is 0 Å². The van der Waals surface area contributed by atoms with Gasteiger partial charge >= 0.3 is 0 Å². The van der Waals surface area contributed by atoms with Crippen LogP contribution >= 0.6 is 11.6 Å². The van der Waals surface area contributed by atoms with Crippen LogP contribution in [0.5, 0.6) is 0 Å². The Morgan fingerprint density at radius 1 is 0.800 bits per heavy atom. The van der Waals surface area contributed by atoms with Gasteiger partial charge < -0.3 is 10.6 Å². The van der Waals surface area contributed by atoms with E-state index in [1.54, 1.807) is 6.20 Å². The number of pyridine rings is 2. The van der Waals surface area contributed by atoms with E-state index in [0.29, 0.717) is 17.6 Å². The zero-order valence-corrected chi connectivity index (χ0v) is 25.3. The molecule has 8 rings (SSSR count). The third kappa shape index (κ3) is 5.26. The predicted molar refractivity (Wildman–Crippen MR) is 176 cm³/mol. The maximum atomic E-state index is 6.35. The summed E-state index contributed by atoms with van der Waals surface area (Å²) in [7, 11) is 0. The zero-order chi connectivity index (χ0) is 30.4. The van der Waals surface area contributed by atoms with E-state index in [0.717, 1.165) is 79.2 Å². The van der Waals surface area contributed by atoms with Gasteiger partial charge in [-0.2, -0.15) is 4.98 Å². The minimum Gasteiger partial charge on any atom is -0.383 e. The molecule has 1 unspecified atom stereocenters. The lowest BCUT2D eigenvalue weighted by Crippen LogP contribution is -2.31. The number of nitrogen functional groups attached to an aromatic ring is 1. The molecule has 2 N–H and O–H groups in total. The smallest absolute Gasteiger partial charge is 0.229 e. The molecule has 0 saturated carbocycles. The van der Waals surface area contributed by atoms with Crippen LogP contribution in [0.1, 0.15) is 18.4 Å². The third-order valence-electron chi connectivity index (χ3n) is 9.02. The molecule has 0 radical (unpaired) electrons. The molecule has 10 nitrogen and oxygen atoms in total. The van der Waals surface area contributed by atoms with E-state index in [4.69, 9.17) is 27.3 Å². The molecule has 45 heavy (non-hydrogen) atoms. The molecule has 2 saturated heterocycles. The lowest BCUT2D eigenvalue weighted by Gasteiger charge is -2.25. The molecule has 1 atom stereocenters. The van der Waals surface area contributed by atoms with Gasteiger partial charge in [0.1, 0.15) is 17.7 Å². The number of hydrogen-bond donors (Lipinski definition) is 1. The van der Waals surface area contributed by atoms with Crippen molar-refractivity contribution in [2.24, 2.45) is 5.41 Å². The molecule has 4 aromatic heterocycles. The first-order valence-corrected chi connectivity index (χ1v) is 15.5. The molecule has 224 valence electrons. The van der Waals surface area contributed by atoms with Crippen LogP contribution in [-0.2, 0) is 6.54 Å². The van der Waals surface area contributed by atoms with E-state index >= 15 is 0 Å². The number of hydrogen-bond acceptors (Lipinski definition) is 9. The maximum absolute atomic E-state index is 6.35. The molecular formula is C34H31ClN10. The lowest BCUT2D eigenvalue weighted by atomic mass is 9.86. The Labute approximate surface area is 265 Å². The number of anilines is 2. The van der Waals surface area contributed by atoms with Gasteiger partial charge in [0.05, 0.1) is 11.3 Å². The number of halogens is 1. The largest absolute Gasteiger partial charge is 0.383 e. The molecule has 0 amide bonds. The SMILES string of the molecule is Nc1ncccc1-c1nc2ccc(-c3ccccc3)nc2n1-c1ccc(CN2CCC3(CCN(c4ncnc(Cl)n4)C3)C2)cc1. The summed E-state index contributed by atoms with van der Waals surface area (Å²) in [5, 5.41) is 0.240. The Balaban J connectivity index is 1.07. The average Bonchev–Trinajstić information content (AvgIpc) is 3.78. The average molecular weight is 615 g/mol. The molecule has 6 heterocycles. The third-order valence-corrected chi connectivity index (χ3v) is 9.20. The van der Waals surface area contributed by atoms with Crippen LogP contribution in [0.15, 0.2) is 91.4 Å². The number of rotatable bonds is 6. The zero-order valence-electron chi connectivity index (χ0n) is 24.6. The number of nitrogens with two attached hydrogens (primary N) is 1. The van der Waals surface area contributed by atoms with Crippen LogP contribution < -0.4 is 10.6 Å². The summed E-state index contributed by atoms with van der Waals surface area (Å²) < 4.78 is 2.09. The lowest BCUT2D eigenvalue weighted by molar-refractivity contribution is 0.270. The Morgan fingerprint density at radius 3 is 2.47 bits per heavy atom. The van der Waals surface area contributed by atoms with E-state index in [9.17, 15) is 0 Å². The number of aromatic nitrogens is 7. The number of imidazole rings is 1. The molecule has 6 aromatic rings. The van der Waals surface area contributed by atoms with E-state index in [1.165, 1.54) is 11.9 Å². The van der Waals surface area contributed by atoms with Crippen molar-refractivity contribution in [2.75, 3.05) is 36.8 Å². The highest BCUT2D eigenvalue weighted by Gasteiger charge is 2.44. The maximum Gasteiger partial charge on any atom is 0.229 e. The van der Waals surface area contributed by atoms with Crippen molar-refractivity contribution in [1.82, 2.24) is 39.4 Å². The predicted octanol–water partition coefficient (Wildman–Crippen LogP) is 5.67. The standard InChI is InChI=1S/C34H31ClN10/c35-32-38-22-39-33(42-32)44-18-15-34(21-44)14-17-43(20-34)19-23-8-10-25(11-9-23)45-30(26-7-4-16-37-29(26)36)41-28-13-12-27(40-31(28)45)24-5-2-1-3-6-24/h1-13,16,22H,14-15,17-21H2,(H2,36,37). The summed E-state index contributed by atoms with van der Waals surface area (Å²) in [6.07, 6.45) is 5.46. The Morgan fingerprint density at radius 2 is 1.64 bits per heavy atom. The first-order valence-electron chi connectivity index (χ1n) is 15.1. The van der Waals surface area contributed by atoms with Gasteiger partial charge in [-0.15, -0.1) is 0 Å². The number of benzene rings is 2. The van der Waals surface area contributed by atoms with Crippen LogP contribution in [-0.4, -0.2) is 65.5 Å². The summed E-state index contributed by atoms with van der Waals surface area (Å²) in [6.45, 7) is 4.88. The van der Waals surface area contributed by atoms with Crippen molar-refractivity contribution in [3.05, 3.63) is 102 Å². The molecule has 2 aliphatic heterocycles. The number of likely N-dealkylation sites (tertiary alicyclic amines) is 1. The van der Waals surface area contributed by atoms with Crippen molar-refractivity contribution in [1.29, 1.82) is 0 Å². The van der Waals surface area contributed by atoms with Crippen LogP contribution in [0, 0.1) is 5.41 Å². The van der Waals surface area contributed by atoms with Gasteiger partial charge in [-0.05, 0) is 72.9 Å².